The number of hydrogen-bond acceptors (Lipinski definition) is 1. The van der Waals surface area contributed by atoms with Gasteiger partial charge in [0.15, 0.2) is 0 Å². The van der Waals surface area contributed by atoms with Gasteiger partial charge in [-0.25, -0.2) is 0 Å². The van der Waals surface area contributed by atoms with Gasteiger partial charge >= 0.3 is 0 Å². The van der Waals surface area contributed by atoms with E-state index in [0.717, 1.165) is 6.04 Å². The van der Waals surface area contributed by atoms with E-state index >= 15 is 0 Å². The number of rotatable bonds is 1. The van der Waals surface area contributed by atoms with Crippen molar-refractivity contribution in [1.29, 1.82) is 0 Å². The second-order valence-corrected chi connectivity index (χ2v) is 5.89. The summed E-state index contributed by atoms with van der Waals surface area (Å²) in [7, 11) is 0. The van der Waals surface area contributed by atoms with Gasteiger partial charge in [-0.05, 0) is 59.3 Å². The molecule has 0 N–H and O–H groups in total. The predicted molar refractivity (Wildman–Crippen MR) is 56.8 cm³/mol. The van der Waals surface area contributed by atoms with Crippen molar-refractivity contribution in [2.24, 2.45) is 5.41 Å². The molecule has 1 saturated heterocycles. The van der Waals surface area contributed by atoms with Gasteiger partial charge in [-0.1, -0.05) is 0 Å². The summed E-state index contributed by atoms with van der Waals surface area (Å²) in [4.78, 5) is 2.72. The fourth-order valence-electron chi connectivity index (χ4n) is 3.86. The molecule has 1 aliphatic heterocycles. The van der Waals surface area contributed by atoms with Crippen LogP contribution in [0.4, 0.5) is 0 Å². The largest absolute Gasteiger partial charge is 0.293 e. The maximum absolute atomic E-state index is 2.72. The van der Waals surface area contributed by atoms with Gasteiger partial charge in [0.1, 0.15) is 0 Å². The average Bonchev–Trinajstić information content (AvgIpc) is 2.62. The second kappa shape index (κ2) is 2.50. The molecule has 0 unspecified atom stereocenters. The van der Waals surface area contributed by atoms with Crippen LogP contribution in [0, 0.1) is 5.41 Å². The smallest absolute Gasteiger partial charge is 0.0215 e. The zero-order valence-corrected chi connectivity index (χ0v) is 9.72. The maximum atomic E-state index is 2.72. The van der Waals surface area contributed by atoms with Crippen molar-refractivity contribution < 1.29 is 0 Å². The Balaban J connectivity index is 2.28. The Kier molecular flexibility index (Phi) is 1.83. The fourth-order valence-corrected chi connectivity index (χ4v) is 3.86. The van der Waals surface area contributed by atoms with Crippen molar-refractivity contribution in [3.05, 3.63) is 0 Å². The average molecular weight is 181 g/mol. The topological polar surface area (TPSA) is 3.24 Å². The van der Waals surface area contributed by atoms with Gasteiger partial charge in [0.05, 0.1) is 0 Å². The number of nitrogens with zero attached hydrogens (tertiary/aromatic N) is 1. The first-order valence-corrected chi connectivity index (χ1v) is 5.69. The molecule has 0 radical (unpaired) electrons. The van der Waals surface area contributed by atoms with E-state index in [4.69, 9.17) is 0 Å². The molecule has 1 atom stereocenters. The van der Waals surface area contributed by atoms with Gasteiger partial charge in [0.2, 0.25) is 0 Å². The molecule has 1 saturated carbocycles. The molecule has 13 heavy (non-hydrogen) atoms. The molecule has 1 nitrogen and oxygen atoms in total. The van der Waals surface area contributed by atoms with Crippen LogP contribution in [0.1, 0.15) is 53.9 Å². The lowest BCUT2D eigenvalue weighted by atomic mass is 9.84. The lowest BCUT2D eigenvalue weighted by Crippen LogP contribution is -2.49. The van der Waals surface area contributed by atoms with E-state index in [1.165, 1.54) is 19.3 Å². The first-order valence-electron chi connectivity index (χ1n) is 5.69. The Morgan fingerprint density at radius 2 is 1.77 bits per heavy atom. The van der Waals surface area contributed by atoms with Crippen molar-refractivity contribution in [2.75, 3.05) is 0 Å². The third-order valence-corrected chi connectivity index (χ3v) is 4.51. The molecular formula is C12H23N. The molecular weight excluding hydrogens is 158 g/mol. The summed E-state index contributed by atoms with van der Waals surface area (Å²) in [6, 6.07) is 1.49. The van der Waals surface area contributed by atoms with Crippen LogP contribution in [0.2, 0.25) is 0 Å². The lowest BCUT2D eigenvalue weighted by Gasteiger charge is -2.41. The van der Waals surface area contributed by atoms with Gasteiger partial charge in [-0.2, -0.15) is 0 Å². The Morgan fingerprint density at radius 3 is 2.00 bits per heavy atom. The first kappa shape index (κ1) is 9.51. The monoisotopic (exact) mass is 181 g/mol. The minimum absolute atomic E-state index is 0.445. The van der Waals surface area contributed by atoms with E-state index in [1.807, 2.05) is 0 Å². The molecule has 0 bridgehead atoms. The highest BCUT2D eigenvalue weighted by molar-refractivity contribution is 5.16. The Morgan fingerprint density at radius 1 is 1.23 bits per heavy atom. The molecule has 1 heteroatoms. The zero-order chi connectivity index (χ0) is 9.85. The van der Waals surface area contributed by atoms with Crippen LogP contribution < -0.4 is 0 Å². The molecule has 76 valence electrons. The first-order chi connectivity index (χ1) is 5.91. The highest BCUT2D eigenvalue weighted by Crippen LogP contribution is 2.64. The maximum Gasteiger partial charge on any atom is 0.0215 e. The highest BCUT2D eigenvalue weighted by Gasteiger charge is 2.62. The molecule has 1 heterocycles. The second-order valence-electron chi connectivity index (χ2n) is 5.89. The van der Waals surface area contributed by atoms with Crippen molar-refractivity contribution in [3.8, 4) is 0 Å². The summed E-state index contributed by atoms with van der Waals surface area (Å²) in [6.07, 6.45) is 4.36. The lowest BCUT2D eigenvalue weighted by molar-refractivity contribution is 0.0706. The van der Waals surface area contributed by atoms with E-state index in [1.54, 1.807) is 0 Å². The van der Waals surface area contributed by atoms with Crippen LogP contribution in [0.3, 0.4) is 0 Å². The quantitative estimate of drug-likeness (QED) is 0.601. The van der Waals surface area contributed by atoms with E-state index in [9.17, 15) is 0 Å². The van der Waals surface area contributed by atoms with Crippen LogP contribution in [0.15, 0.2) is 0 Å². The van der Waals surface area contributed by atoms with Gasteiger partial charge in [-0.3, -0.25) is 4.90 Å². The van der Waals surface area contributed by atoms with Crippen LogP contribution in [0.5, 0.6) is 0 Å². The number of hydrogen-bond donors (Lipinski definition) is 0. The van der Waals surface area contributed by atoms with E-state index in [-0.39, 0.29) is 0 Å². The predicted octanol–water partition coefficient (Wildman–Crippen LogP) is 3.05. The van der Waals surface area contributed by atoms with Gasteiger partial charge in [0, 0.05) is 17.6 Å². The third kappa shape index (κ3) is 1.09. The van der Waals surface area contributed by atoms with Crippen molar-refractivity contribution in [2.45, 2.75) is 71.5 Å². The Hall–Kier alpha value is -0.0400. The molecule has 0 aromatic heterocycles. The Labute approximate surface area is 82.5 Å². The molecule has 2 aliphatic rings. The summed E-state index contributed by atoms with van der Waals surface area (Å²) in [5, 5.41) is 0. The van der Waals surface area contributed by atoms with Crippen LogP contribution >= 0.6 is 0 Å². The number of likely N-dealkylation sites (tertiary alicyclic amines) is 1. The van der Waals surface area contributed by atoms with Crippen LogP contribution in [-0.4, -0.2) is 22.5 Å². The summed E-state index contributed by atoms with van der Waals surface area (Å²) in [5.74, 6) is 0. The molecule has 2 fully saturated rings. The SMILES string of the molecule is CC(C)N1[C@@H](C)CC2(CC2)C1(C)C. The Bertz CT molecular complexity index is 213. The normalized spacial score (nSPS) is 36.0. The van der Waals surface area contributed by atoms with E-state index in [0.29, 0.717) is 17.0 Å². The highest BCUT2D eigenvalue weighted by atomic mass is 15.3. The molecule has 1 spiro atoms. The summed E-state index contributed by atoms with van der Waals surface area (Å²) in [5.41, 5.74) is 1.14. The summed E-state index contributed by atoms with van der Waals surface area (Å²) >= 11 is 0. The summed E-state index contributed by atoms with van der Waals surface area (Å²) in [6.45, 7) is 12.0. The van der Waals surface area contributed by atoms with E-state index in [2.05, 4.69) is 39.5 Å². The standard InChI is InChI=1S/C12H23N/c1-9(2)13-10(3)8-12(6-7-12)11(13,4)5/h9-10H,6-8H2,1-5H3/t10-/m0/s1. The van der Waals surface area contributed by atoms with Gasteiger partial charge in [0.25, 0.3) is 0 Å². The van der Waals surface area contributed by atoms with Gasteiger partial charge in [-0.15, -0.1) is 0 Å². The summed E-state index contributed by atoms with van der Waals surface area (Å²) < 4.78 is 0. The molecule has 0 aromatic carbocycles. The van der Waals surface area contributed by atoms with Crippen LogP contribution in [-0.2, 0) is 0 Å². The molecule has 1 aliphatic carbocycles. The zero-order valence-electron chi connectivity index (χ0n) is 9.72. The molecule has 0 amide bonds. The van der Waals surface area contributed by atoms with Crippen molar-refractivity contribution in [1.82, 2.24) is 4.90 Å². The molecule has 2 rings (SSSR count). The van der Waals surface area contributed by atoms with Gasteiger partial charge < -0.3 is 0 Å². The van der Waals surface area contributed by atoms with Crippen molar-refractivity contribution >= 4 is 0 Å². The van der Waals surface area contributed by atoms with E-state index < -0.39 is 0 Å². The fraction of sp³-hybridized carbons (Fsp3) is 1.00. The third-order valence-electron chi connectivity index (χ3n) is 4.51. The molecule has 0 aromatic rings. The van der Waals surface area contributed by atoms with Crippen LogP contribution in [0.25, 0.3) is 0 Å². The minimum Gasteiger partial charge on any atom is -0.293 e. The minimum atomic E-state index is 0.445. The van der Waals surface area contributed by atoms with Crippen molar-refractivity contribution in [3.63, 3.8) is 0 Å².